The van der Waals surface area contributed by atoms with E-state index in [2.05, 4.69) is 5.32 Å². The van der Waals surface area contributed by atoms with E-state index in [0.717, 1.165) is 12.1 Å². The Morgan fingerprint density at radius 3 is 1.96 bits per heavy atom. The second kappa shape index (κ2) is 7.16. The second-order valence-corrected chi connectivity index (χ2v) is 6.47. The molecular formula is C17H21F2N3O3. The van der Waals surface area contributed by atoms with Crippen LogP contribution in [0.3, 0.4) is 0 Å². The maximum absolute atomic E-state index is 13.7. The van der Waals surface area contributed by atoms with E-state index in [1.54, 1.807) is 4.90 Å². The molecule has 1 aromatic carbocycles. The average Bonchev–Trinajstić information content (AvgIpc) is 2.57. The van der Waals surface area contributed by atoms with Crippen LogP contribution < -0.4 is 5.32 Å². The Morgan fingerprint density at radius 2 is 1.48 bits per heavy atom. The molecule has 25 heavy (non-hydrogen) atoms. The van der Waals surface area contributed by atoms with Crippen LogP contribution in [0.25, 0.3) is 0 Å². The molecule has 0 saturated carbocycles. The van der Waals surface area contributed by atoms with Crippen LogP contribution in [0, 0.1) is 17.0 Å². The Labute approximate surface area is 144 Å². The zero-order chi connectivity index (χ0) is 18.8. The summed E-state index contributed by atoms with van der Waals surface area (Å²) in [5.41, 5.74) is -2.08. The fraction of sp³-hybridized carbons (Fsp3) is 0.471. The van der Waals surface area contributed by atoms with Crippen molar-refractivity contribution in [2.45, 2.75) is 20.8 Å². The van der Waals surface area contributed by atoms with E-state index in [1.165, 1.54) is 31.7 Å². The first-order chi connectivity index (χ1) is 11.6. The van der Waals surface area contributed by atoms with Gasteiger partial charge in [-0.05, 0) is 26.0 Å². The summed E-state index contributed by atoms with van der Waals surface area (Å²) in [6, 6.07) is 3.23. The number of nitrogens with one attached hydrogen (secondary N) is 1. The molecule has 8 heteroatoms. The molecule has 0 aromatic heterocycles. The predicted molar refractivity (Wildman–Crippen MR) is 87.6 cm³/mol. The van der Waals surface area contributed by atoms with E-state index in [0.29, 0.717) is 26.2 Å². The van der Waals surface area contributed by atoms with Crippen LogP contribution in [0.15, 0.2) is 18.2 Å². The van der Waals surface area contributed by atoms with Gasteiger partial charge in [0.1, 0.15) is 22.7 Å². The number of piperazine rings is 1. The van der Waals surface area contributed by atoms with Crippen LogP contribution >= 0.6 is 0 Å². The highest BCUT2D eigenvalue weighted by Gasteiger charge is 2.40. The van der Waals surface area contributed by atoms with Gasteiger partial charge in [0, 0.05) is 33.1 Å². The number of halogens is 2. The van der Waals surface area contributed by atoms with E-state index in [1.807, 2.05) is 0 Å². The van der Waals surface area contributed by atoms with Gasteiger partial charge in [-0.1, -0.05) is 6.07 Å². The maximum Gasteiger partial charge on any atom is 0.239 e. The molecule has 1 aromatic rings. The largest absolute Gasteiger partial charge is 0.339 e. The minimum Gasteiger partial charge on any atom is -0.339 e. The van der Waals surface area contributed by atoms with Gasteiger partial charge in [-0.2, -0.15) is 0 Å². The van der Waals surface area contributed by atoms with Gasteiger partial charge in [0.2, 0.25) is 17.7 Å². The third kappa shape index (κ3) is 3.94. The molecule has 0 radical (unpaired) electrons. The van der Waals surface area contributed by atoms with Crippen LogP contribution in [-0.4, -0.2) is 53.7 Å². The summed E-state index contributed by atoms with van der Waals surface area (Å²) in [7, 11) is 0. The molecule has 1 N–H and O–H groups in total. The fourth-order valence-corrected chi connectivity index (χ4v) is 2.60. The number of carbonyl (C=O) groups is 3. The lowest BCUT2D eigenvalue weighted by Crippen LogP contribution is -2.55. The first-order valence-corrected chi connectivity index (χ1v) is 7.95. The third-order valence-electron chi connectivity index (χ3n) is 4.32. The lowest BCUT2D eigenvalue weighted by molar-refractivity contribution is -0.149. The number of benzene rings is 1. The molecule has 1 heterocycles. The molecule has 1 aliphatic rings. The molecule has 1 aliphatic heterocycles. The van der Waals surface area contributed by atoms with E-state index in [9.17, 15) is 23.2 Å². The predicted octanol–water partition coefficient (Wildman–Crippen LogP) is 1.62. The smallest absolute Gasteiger partial charge is 0.239 e. The Hall–Kier alpha value is -2.51. The summed E-state index contributed by atoms with van der Waals surface area (Å²) < 4.78 is 27.4. The molecule has 0 spiro atoms. The monoisotopic (exact) mass is 353 g/mol. The molecule has 6 nitrogen and oxygen atoms in total. The van der Waals surface area contributed by atoms with Crippen molar-refractivity contribution >= 4 is 23.4 Å². The zero-order valence-corrected chi connectivity index (χ0v) is 14.4. The van der Waals surface area contributed by atoms with Gasteiger partial charge < -0.3 is 15.1 Å². The van der Waals surface area contributed by atoms with Gasteiger partial charge in [-0.25, -0.2) is 8.78 Å². The van der Waals surface area contributed by atoms with Crippen molar-refractivity contribution in [2.75, 3.05) is 31.5 Å². The van der Waals surface area contributed by atoms with Gasteiger partial charge in [0.25, 0.3) is 0 Å². The number of carbonyl (C=O) groups excluding carboxylic acids is 3. The lowest BCUT2D eigenvalue weighted by atomic mass is 9.89. The molecule has 1 fully saturated rings. The number of hydrogen-bond acceptors (Lipinski definition) is 3. The summed E-state index contributed by atoms with van der Waals surface area (Å²) in [6.45, 7) is 5.66. The van der Waals surface area contributed by atoms with Gasteiger partial charge >= 0.3 is 0 Å². The molecule has 2 rings (SSSR count). The second-order valence-electron chi connectivity index (χ2n) is 6.47. The highest BCUT2D eigenvalue weighted by atomic mass is 19.1. The Kier molecular flexibility index (Phi) is 5.39. The van der Waals surface area contributed by atoms with Crippen molar-refractivity contribution in [3.8, 4) is 0 Å². The molecule has 0 atom stereocenters. The van der Waals surface area contributed by atoms with Crippen LogP contribution in [-0.2, 0) is 14.4 Å². The lowest BCUT2D eigenvalue weighted by Gasteiger charge is -2.37. The maximum atomic E-state index is 13.7. The van der Waals surface area contributed by atoms with Crippen LogP contribution in [0.2, 0.25) is 0 Å². The van der Waals surface area contributed by atoms with Crippen molar-refractivity contribution in [1.29, 1.82) is 0 Å². The normalized spacial score (nSPS) is 15.1. The van der Waals surface area contributed by atoms with Crippen LogP contribution in [0.5, 0.6) is 0 Å². The summed E-state index contributed by atoms with van der Waals surface area (Å²) in [5, 5.41) is 2.16. The summed E-state index contributed by atoms with van der Waals surface area (Å²) in [5.74, 6) is -3.14. The molecule has 1 saturated heterocycles. The number of anilines is 1. The number of amides is 3. The SMILES string of the molecule is CC(=O)N1CCN(C(=O)C(C)(C)C(=O)Nc2c(F)cccc2F)CC1. The van der Waals surface area contributed by atoms with Crippen molar-refractivity contribution in [1.82, 2.24) is 9.80 Å². The van der Waals surface area contributed by atoms with Crippen LogP contribution in [0.1, 0.15) is 20.8 Å². The van der Waals surface area contributed by atoms with Gasteiger partial charge in [0.05, 0.1) is 0 Å². The summed E-state index contributed by atoms with van der Waals surface area (Å²) >= 11 is 0. The average molecular weight is 353 g/mol. The topological polar surface area (TPSA) is 69.7 Å². The third-order valence-corrected chi connectivity index (χ3v) is 4.32. The molecular weight excluding hydrogens is 332 g/mol. The fourth-order valence-electron chi connectivity index (χ4n) is 2.60. The highest BCUT2D eigenvalue weighted by Crippen LogP contribution is 2.25. The molecule has 0 aliphatic carbocycles. The number of nitrogens with zero attached hydrogens (tertiary/aromatic N) is 2. The van der Waals surface area contributed by atoms with E-state index in [-0.39, 0.29) is 5.91 Å². The van der Waals surface area contributed by atoms with Crippen molar-refractivity contribution < 1.29 is 23.2 Å². The van der Waals surface area contributed by atoms with Gasteiger partial charge in [0.15, 0.2) is 0 Å². The highest BCUT2D eigenvalue weighted by molar-refractivity contribution is 6.10. The number of hydrogen-bond donors (Lipinski definition) is 1. The number of para-hydroxylation sites is 1. The Balaban J connectivity index is 2.08. The quantitative estimate of drug-likeness (QED) is 0.840. The van der Waals surface area contributed by atoms with Crippen LogP contribution in [0.4, 0.5) is 14.5 Å². The number of rotatable bonds is 3. The Bertz CT molecular complexity index is 678. The van der Waals surface area contributed by atoms with Crippen molar-refractivity contribution in [3.05, 3.63) is 29.8 Å². The van der Waals surface area contributed by atoms with Gasteiger partial charge in [-0.3, -0.25) is 14.4 Å². The van der Waals surface area contributed by atoms with E-state index >= 15 is 0 Å². The first-order valence-electron chi connectivity index (χ1n) is 7.95. The molecule has 0 bridgehead atoms. The van der Waals surface area contributed by atoms with Crippen molar-refractivity contribution in [2.24, 2.45) is 5.41 Å². The summed E-state index contributed by atoms with van der Waals surface area (Å²) in [6.07, 6.45) is 0. The zero-order valence-electron chi connectivity index (χ0n) is 14.4. The first kappa shape index (κ1) is 18.8. The van der Waals surface area contributed by atoms with E-state index < -0.39 is 34.6 Å². The minimum absolute atomic E-state index is 0.0702. The van der Waals surface area contributed by atoms with Crippen molar-refractivity contribution in [3.63, 3.8) is 0 Å². The summed E-state index contributed by atoms with van der Waals surface area (Å²) in [4.78, 5) is 39.5. The van der Waals surface area contributed by atoms with E-state index in [4.69, 9.17) is 0 Å². The molecule has 0 unspecified atom stereocenters. The molecule has 136 valence electrons. The van der Waals surface area contributed by atoms with Gasteiger partial charge in [-0.15, -0.1) is 0 Å². The Morgan fingerprint density at radius 1 is 1.00 bits per heavy atom. The minimum atomic E-state index is -1.51. The standard InChI is InChI=1S/C17H21F2N3O3/c1-11(23)21-7-9-22(10-8-21)16(25)17(2,3)15(24)20-14-12(18)5-4-6-13(14)19/h4-6H,7-10H2,1-3H3,(H,20,24). The molecule has 3 amide bonds.